The summed E-state index contributed by atoms with van der Waals surface area (Å²) in [6, 6.07) is 8.07. The van der Waals surface area contributed by atoms with E-state index in [1.165, 1.54) is 6.33 Å². The van der Waals surface area contributed by atoms with E-state index in [1.54, 1.807) is 11.6 Å². The van der Waals surface area contributed by atoms with Gasteiger partial charge in [-0.25, -0.2) is 9.50 Å². The van der Waals surface area contributed by atoms with Crippen LogP contribution in [0.1, 0.15) is 23.4 Å². The number of amides is 1. The third kappa shape index (κ3) is 3.87. The number of aromatic nitrogens is 4. The van der Waals surface area contributed by atoms with E-state index in [-0.39, 0.29) is 5.91 Å². The molecule has 4 rings (SSSR count). The molecule has 29 heavy (non-hydrogen) atoms. The van der Waals surface area contributed by atoms with Crippen LogP contribution in [0.25, 0.3) is 5.78 Å². The van der Waals surface area contributed by atoms with Gasteiger partial charge in [-0.3, -0.25) is 4.79 Å². The highest BCUT2D eigenvalue weighted by molar-refractivity contribution is 5.77. The van der Waals surface area contributed by atoms with Gasteiger partial charge in [-0.15, -0.1) is 0 Å². The number of anilines is 1. The molecule has 2 aromatic heterocycles. The zero-order valence-corrected chi connectivity index (χ0v) is 17.1. The second-order valence-corrected chi connectivity index (χ2v) is 7.30. The van der Waals surface area contributed by atoms with Crippen LogP contribution in [-0.4, -0.2) is 63.7 Å². The number of rotatable bonds is 5. The van der Waals surface area contributed by atoms with Gasteiger partial charge in [-0.1, -0.05) is 0 Å². The van der Waals surface area contributed by atoms with Crippen LogP contribution in [0.15, 0.2) is 30.6 Å². The number of fused-ring (bicyclic) bond motifs is 1. The predicted octanol–water partition coefficient (Wildman–Crippen LogP) is 2.03. The van der Waals surface area contributed by atoms with E-state index in [0.717, 1.165) is 54.6 Å². The van der Waals surface area contributed by atoms with Gasteiger partial charge in [0.25, 0.3) is 5.78 Å². The van der Waals surface area contributed by atoms with Crippen LogP contribution >= 0.6 is 0 Å². The fraction of sp³-hybridized carbons (Fsp3) is 0.429. The molecule has 3 heterocycles. The van der Waals surface area contributed by atoms with E-state index in [2.05, 4.69) is 32.1 Å². The first-order chi connectivity index (χ1) is 14.1. The maximum absolute atomic E-state index is 12.8. The number of hydrogen-bond donors (Lipinski definition) is 0. The molecule has 0 atom stereocenters. The third-order valence-electron chi connectivity index (χ3n) is 5.65. The van der Waals surface area contributed by atoms with Crippen molar-refractivity contribution < 1.29 is 9.53 Å². The van der Waals surface area contributed by atoms with Gasteiger partial charge < -0.3 is 14.5 Å². The van der Waals surface area contributed by atoms with Crippen LogP contribution in [0.2, 0.25) is 0 Å². The zero-order valence-electron chi connectivity index (χ0n) is 17.1. The number of aryl methyl sites for hydroxylation is 2. The molecule has 0 radical (unpaired) electrons. The lowest BCUT2D eigenvalue weighted by molar-refractivity contribution is -0.131. The van der Waals surface area contributed by atoms with Crippen molar-refractivity contribution in [2.75, 3.05) is 38.2 Å². The van der Waals surface area contributed by atoms with Gasteiger partial charge in [-0.2, -0.15) is 10.1 Å². The van der Waals surface area contributed by atoms with Crippen molar-refractivity contribution in [1.82, 2.24) is 24.5 Å². The quantitative estimate of drug-likeness (QED) is 0.659. The second kappa shape index (κ2) is 8.06. The smallest absolute Gasteiger partial charge is 0.252 e. The largest absolute Gasteiger partial charge is 0.497 e. The van der Waals surface area contributed by atoms with Crippen molar-refractivity contribution in [2.24, 2.45) is 0 Å². The lowest BCUT2D eigenvalue weighted by Crippen LogP contribution is -2.48. The number of benzene rings is 1. The van der Waals surface area contributed by atoms with Gasteiger partial charge in [0.1, 0.15) is 12.1 Å². The lowest BCUT2D eigenvalue weighted by Gasteiger charge is -2.36. The molecule has 1 amide bonds. The molecule has 0 unspecified atom stereocenters. The highest BCUT2D eigenvalue weighted by atomic mass is 16.5. The molecule has 1 saturated heterocycles. The van der Waals surface area contributed by atoms with Crippen LogP contribution in [0.5, 0.6) is 5.75 Å². The molecule has 1 aliphatic heterocycles. The lowest BCUT2D eigenvalue weighted by atomic mass is 10.1. The summed E-state index contributed by atoms with van der Waals surface area (Å²) in [6.45, 7) is 7.12. The van der Waals surface area contributed by atoms with Crippen molar-refractivity contribution in [2.45, 2.75) is 26.7 Å². The summed E-state index contributed by atoms with van der Waals surface area (Å²) in [6.07, 6.45) is 2.65. The van der Waals surface area contributed by atoms with Gasteiger partial charge in [0.2, 0.25) is 5.91 Å². The molecular formula is C21H26N6O2. The Morgan fingerprint density at radius 2 is 1.83 bits per heavy atom. The standard InChI is InChI=1S/C21H26N6O2/c1-15-19(16(2)27-21(24-15)22-14-23-27)8-9-20(28)26-12-10-25(11-13-26)17-4-6-18(29-3)7-5-17/h4-7,14H,8-13H2,1-3H3. The van der Waals surface area contributed by atoms with Crippen molar-refractivity contribution in [3.63, 3.8) is 0 Å². The van der Waals surface area contributed by atoms with Gasteiger partial charge in [0, 0.05) is 49.7 Å². The van der Waals surface area contributed by atoms with Gasteiger partial charge in [-0.05, 0) is 50.1 Å². The third-order valence-corrected chi connectivity index (χ3v) is 5.65. The molecule has 0 bridgehead atoms. The Morgan fingerprint density at radius 3 is 2.52 bits per heavy atom. The summed E-state index contributed by atoms with van der Waals surface area (Å²) >= 11 is 0. The van der Waals surface area contributed by atoms with Crippen molar-refractivity contribution in [3.05, 3.63) is 47.5 Å². The molecule has 0 spiro atoms. The molecule has 0 N–H and O–H groups in total. The fourth-order valence-corrected chi connectivity index (χ4v) is 3.91. The topological polar surface area (TPSA) is 75.9 Å². The Hall–Kier alpha value is -3.16. The SMILES string of the molecule is COc1ccc(N2CCN(C(=O)CCc3c(C)nc4ncnn4c3C)CC2)cc1. The van der Waals surface area contributed by atoms with Crippen LogP contribution in [0.4, 0.5) is 5.69 Å². The van der Waals surface area contributed by atoms with E-state index >= 15 is 0 Å². The first-order valence-electron chi connectivity index (χ1n) is 9.89. The second-order valence-electron chi connectivity index (χ2n) is 7.30. The van der Waals surface area contributed by atoms with Crippen LogP contribution in [-0.2, 0) is 11.2 Å². The summed E-state index contributed by atoms with van der Waals surface area (Å²) in [5.41, 5.74) is 4.16. The molecule has 152 valence electrons. The maximum atomic E-state index is 12.8. The number of methoxy groups -OCH3 is 1. The Balaban J connectivity index is 1.34. The Labute approximate surface area is 170 Å². The average Bonchev–Trinajstić information content (AvgIpc) is 3.22. The predicted molar refractivity (Wildman–Crippen MR) is 110 cm³/mol. The molecule has 1 aromatic carbocycles. The van der Waals surface area contributed by atoms with E-state index in [9.17, 15) is 4.79 Å². The van der Waals surface area contributed by atoms with Crippen molar-refractivity contribution >= 4 is 17.4 Å². The first kappa shape index (κ1) is 19.2. The van der Waals surface area contributed by atoms with E-state index in [0.29, 0.717) is 18.6 Å². The van der Waals surface area contributed by atoms with Gasteiger partial charge in [0.15, 0.2) is 0 Å². The minimum absolute atomic E-state index is 0.192. The summed E-state index contributed by atoms with van der Waals surface area (Å²) in [7, 11) is 1.67. The van der Waals surface area contributed by atoms with E-state index < -0.39 is 0 Å². The average molecular weight is 394 g/mol. The number of piperazine rings is 1. The van der Waals surface area contributed by atoms with Crippen molar-refractivity contribution in [1.29, 1.82) is 0 Å². The monoisotopic (exact) mass is 394 g/mol. The van der Waals surface area contributed by atoms with Crippen LogP contribution in [0, 0.1) is 13.8 Å². The van der Waals surface area contributed by atoms with Gasteiger partial charge in [0.05, 0.1) is 7.11 Å². The molecule has 1 aliphatic rings. The molecule has 8 heteroatoms. The summed E-state index contributed by atoms with van der Waals surface area (Å²) in [4.78, 5) is 25.7. The highest BCUT2D eigenvalue weighted by Gasteiger charge is 2.22. The highest BCUT2D eigenvalue weighted by Crippen LogP contribution is 2.21. The maximum Gasteiger partial charge on any atom is 0.252 e. The van der Waals surface area contributed by atoms with E-state index in [1.807, 2.05) is 30.9 Å². The number of carbonyl (C=O) groups is 1. The molecule has 0 saturated carbocycles. The Morgan fingerprint density at radius 1 is 1.10 bits per heavy atom. The number of hydrogen-bond acceptors (Lipinski definition) is 6. The fourth-order valence-electron chi connectivity index (χ4n) is 3.91. The minimum Gasteiger partial charge on any atom is -0.497 e. The van der Waals surface area contributed by atoms with Crippen LogP contribution < -0.4 is 9.64 Å². The number of ether oxygens (including phenoxy) is 1. The Kier molecular flexibility index (Phi) is 5.33. The van der Waals surface area contributed by atoms with Gasteiger partial charge >= 0.3 is 0 Å². The molecule has 1 fully saturated rings. The van der Waals surface area contributed by atoms with Crippen molar-refractivity contribution in [3.8, 4) is 5.75 Å². The molecule has 0 aliphatic carbocycles. The normalized spacial score (nSPS) is 14.4. The summed E-state index contributed by atoms with van der Waals surface area (Å²) in [5.74, 6) is 1.65. The molecule has 3 aromatic rings. The number of carbonyl (C=O) groups excluding carboxylic acids is 1. The summed E-state index contributed by atoms with van der Waals surface area (Å²) < 4.78 is 6.96. The summed E-state index contributed by atoms with van der Waals surface area (Å²) in [5, 5.41) is 4.22. The first-order valence-corrected chi connectivity index (χ1v) is 9.89. The molecular weight excluding hydrogens is 368 g/mol. The van der Waals surface area contributed by atoms with Crippen LogP contribution in [0.3, 0.4) is 0 Å². The zero-order chi connectivity index (χ0) is 20.4. The minimum atomic E-state index is 0.192. The number of nitrogens with zero attached hydrogens (tertiary/aromatic N) is 6. The Bertz CT molecular complexity index is 1010. The van der Waals surface area contributed by atoms with E-state index in [4.69, 9.17) is 4.74 Å². The molecule has 8 nitrogen and oxygen atoms in total.